The molecule has 2 aliphatic heterocycles. The van der Waals surface area contributed by atoms with Gasteiger partial charge in [0.05, 0.1) is 11.6 Å². The zero-order chi connectivity index (χ0) is 13.8. The molecule has 5 nitrogen and oxygen atoms in total. The van der Waals surface area contributed by atoms with Gasteiger partial charge in [0, 0.05) is 25.8 Å². The lowest BCUT2D eigenvalue weighted by Gasteiger charge is -2.24. The summed E-state index contributed by atoms with van der Waals surface area (Å²) in [5.41, 5.74) is 0.852. The largest absolute Gasteiger partial charge is 0.355 e. The van der Waals surface area contributed by atoms with Gasteiger partial charge in [-0.2, -0.15) is 0 Å². The molecule has 0 unspecified atom stereocenters. The molecule has 2 aliphatic rings. The van der Waals surface area contributed by atoms with Crippen molar-refractivity contribution in [2.45, 2.75) is 25.7 Å². The van der Waals surface area contributed by atoms with Crippen molar-refractivity contribution < 1.29 is 4.79 Å². The van der Waals surface area contributed by atoms with Crippen LogP contribution in [-0.2, 0) is 4.79 Å². The van der Waals surface area contributed by atoms with Crippen LogP contribution < -0.4 is 15.5 Å². The topological polar surface area (TPSA) is 57.3 Å². The van der Waals surface area contributed by atoms with Gasteiger partial charge in [0.15, 0.2) is 5.82 Å². The molecule has 2 saturated heterocycles. The van der Waals surface area contributed by atoms with Crippen LogP contribution in [0, 0.1) is 5.92 Å². The van der Waals surface area contributed by atoms with Crippen molar-refractivity contribution in [2.75, 3.05) is 36.4 Å². The molecule has 0 spiro atoms. The Morgan fingerprint density at radius 2 is 2.20 bits per heavy atom. The fourth-order valence-corrected chi connectivity index (χ4v) is 2.99. The van der Waals surface area contributed by atoms with Crippen molar-refractivity contribution in [3.8, 4) is 0 Å². The van der Waals surface area contributed by atoms with E-state index in [0.29, 0.717) is 0 Å². The minimum Gasteiger partial charge on any atom is -0.355 e. The van der Waals surface area contributed by atoms with Crippen molar-refractivity contribution >= 4 is 17.4 Å². The van der Waals surface area contributed by atoms with E-state index < -0.39 is 0 Å². The molecule has 0 bridgehead atoms. The number of aromatic nitrogens is 1. The smallest absolute Gasteiger partial charge is 0.228 e. The van der Waals surface area contributed by atoms with Gasteiger partial charge in [0.2, 0.25) is 5.91 Å². The maximum atomic E-state index is 12.3. The molecule has 1 amide bonds. The lowest BCUT2D eigenvalue weighted by Crippen LogP contribution is -2.37. The molecule has 1 atom stereocenters. The number of nitrogens with one attached hydrogen (secondary N) is 2. The summed E-state index contributed by atoms with van der Waals surface area (Å²) in [6, 6.07) is 3.84. The van der Waals surface area contributed by atoms with Crippen LogP contribution in [0.2, 0.25) is 0 Å². The summed E-state index contributed by atoms with van der Waals surface area (Å²) in [7, 11) is 0. The number of carbonyl (C=O) groups is 1. The van der Waals surface area contributed by atoms with Gasteiger partial charge in [-0.25, -0.2) is 4.98 Å². The Balaban J connectivity index is 1.71. The first-order valence-corrected chi connectivity index (χ1v) is 7.56. The Hall–Kier alpha value is -1.62. The molecular formula is C15H22N4O. The van der Waals surface area contributed by atoms with Gasteiger partial charge in [-0.15, -0.1) is 0 Å². The third-order valence-corrected chi connectivity index (χ3v) is 4.12. The third kappa shape index (κ3) is 2.93. The van der Waals surface area contributed by atoms with E-state index in [1.807, 2.05) is 12.1 Å². The monoisotopic (exact) mass is 274 g/mol. The lowest BCUT2D eigenvalue weighted by atomic mass is 9.99. The molecule has 3 rings (SSSR count). The second kappa shape index (κ2) is 6.22. The second-order valence-corrected chi connectivity index (χ2v) is 5.60. The molecule has 0 saturated carbocycles. The second-order valence-electron chi connectivity index (χ2n) is 5.60. The molecule has 2 N–H and O–H groups in total. The van der Waals surface area contributed by atoms with Crippen LogP contribution >= 0.6 is 0 Å². The molecule has 0 aromatic carbocycles. The van der Waals surface area contributed by atoms with Crippen molar-refractivity contribution in [3.63, 3.8) is 0 Å². The average molecular weight is 274 g/mol. The van der Waals surface area contributed by atoms with Gasteiger partial charge in [-0.3, -0.25) is 4.79 Å². The van der Waals surface area contributed by atoms with Gasteiger partial charge < -0.3 is 15.5 Å². The zero-order valence-electron chi connectivity index (χ0n) is 11.8. The van der Waals surface area contributed by atoms with E-state index in [1.54, 1.807) is 6.20 Å². The zero-order valence-corrected chi connectivity index (χ0v) is 11.8. The Kier molecular flexibility index (Phi) is 4.16. The number of anilines is 2. The molecule has 0 radical (unpaired) electrons. The number of nitrogens with zero attached hydrogens (tertiary/aromatic N) is 2. The van der Waals surface area contributed by atoms with E-state index >= 15 is 0 Å². The van der Waals surface area contributed by atoms with Crippen LogP contribution in [0.25, 0.3) is 0 Å². The molecule has 2 fully saturated rings. The van der Waals surface area contributed by atoms with Crippen LogP contribution in [0.1, 0.15) is 25.7 Å². The summed E-state index contributed by atoms with van der Waals surface area (Å²) in [6.07, 6.45) is 6.25. The Morgan fingerprint density at radius 1 is 1.35 bits per heavy atom. The van der Waals surface area contributed by atoms with Crippen LogP contribution in [0.4, 0.5) is 11.5 Å². The van der Waals surface area contributed by atoms with Crippen LogP contribution in [-0.4, -0.2) is 37.1 Å². The molecule has 108 valence electrons. The standard InChI is InChI=1S/C15H22N4O/c20-15(12-5-3-7-16-11-12)18-13-6-4-8-17-14(13)19-9-1-2-10-19/h4,6,8,12,16H,1-3,5,7,9-11H2,(H,18,20)/t12-/m1/s1. The Morgan fingerprint density at radius 3 is 2.95 bits per heavy atom. The van der Waals surface area contributed by atoms with Crippen molar-refractivity contribution in [2.24, 2.45) is 5.92 Å². The molecule has 3 heterocycles. The number of rotatable bonds is 3. The molecule has 20 heavy (non-hydrogen) atoms. The number of carbonyl (C=O) groups excluding carboxylic acids is 1. The number of hydrogen-bond donors (Lipinski definition) is 2. The van der Waals surface area contributed by atoms with E-state index in [4.69, 9.17) is 0 Å². The summed E-state index contributed by atoms with van der Waals surface area (Å²) in [5.74, 6) is 1.11. The Bertz CT molecular complexity index is 465. The first-order chi connectivity index (χ1) is 9.84. The van der Waals surface area contributed by atoms with Crippen molar-refractivity contribution in [3.05, 3.63) is 18.3 Å². The van der Waals surface area contributed by atoms with E-state index in [-0.39, 0.29) is 11.8 Å². The van der Waals surface area contributed by atoms with Gasteiger partial charge in [0.1, 0.15) is 0 Å². The van der Waals surface area contributed by atoms with Crippen molar-refractivity contribution in [1.82, 2.24) is 10.3 Å². The first kappa shape index (κ1) is 13.4. The summed E-state index contributed by atoms with van der Waals surface area (Å²) in [4.78, 5) is 19.1. The minimum atomic E-state index is 0.0791. The van der Waals surface area contributed by atoms with E-state index in [0.717, 1.165) is 50.5 Å². The summed E-state index contributed by atoms with van der Waals surface area (Å²) < 4.78 is 0. The van der Waals surface area contributed by atoms with Gasteiger partial charge in [-0.1, -0.05) is 0 Å². The normalized spacial score (nSPS) is 22.8. The number of hydrogen-bond acceptors (Lipinski definition) is 4. The predicted octanol–water partition coefficient (Wildman–Crippen LogP) is 1.62. The van der Waals surface area contributed by atoms with E-state index in [9.17, 15) is 4.79 Å². The maximum Gasteiger partial charge on any atom is 0.228 e. The van der Waals surface area contributed by atoms with Crippen LogP contribution in [0.15, 0.2) is 18.3 Å². The number of amides is 1. The van der Waals surface area contributed by atoms with Crippen molar-refractivity contribution in [1.29, 1.82) is 0 Å². The molecule has 5 heteroatoms. The minimum absolute atomic E-state index is 0.0791. The highest BCUT2D eigenvalue weighted by Crippen LogP contribution is 2.26. The summed E-state index contributed by atoms with van der Waals surface area (Å²) in [5, 5.41) is 6.36. The highest BCUT2D eigenvalue weighted by atomic mass is 16.1. The van der Waals surface area contributed by atoms with Gasteiger partial charge in [-0.05, 0) is 44.4 Å². The highest BCUT2D eigenvalue weighted by Gasteiger charge is 2.23. The fourth-order valence-electron chi connectivity index (χ4n) is 2.99. The van der Waals surface area contributed by atoms with Crippen LogP contribution in [0.3, 0.4) is 0 Å². The first-order valence-electron chi connectivity index (χ1n) is 7.56. The summed E-state index contributed by atoms with van der Waals surface area (Å²) >= 11 is 0. The van der Waals surface area contributed by atoms with Gasteiger partial charge in [0.25, 0.3) is 0 Å². The van der Waals surface area contributed by atoms with E-state index in [2.05, 4.69) is 20.5 Å². The van der Waals surface area contributed by atoms with Crippen LogP contribution in [0.5, 0.6) is 0 Å². The number of pyridine rings is 1. The molecular weight excluding hydrogens is 252 g/mol. The highest BCUT2D eigenvalue weighted by molar-refractivity contribution is 5.95. The predicted molar refractivity (Wildman–Crippen MR) is 79.9 cm³/mol. The Labute approximate surface area is 119 Å². The third-order valence-electron chi connectivity index (χ3n) is 4.12. The maximum absolute atomic E-state index is 12.3. The summed E-state index contributed by atoms with van der Waals surface area (Å²) in [6.45, 7) is 3.87. The lowest BCUT2D eigenvalue weighted by molar-refractivity contribution is -0.120. The molecule has 1 aromatic rings. The molecule has 0 aliphatic carbocycles. The SMILES string of the molecule is O=C(Nc1cccnc1N1CCCC1)[C@@H]1CCCNC1. The number of piperidine rings is 1. The average Bonchev–Trinajstić information content (AvgIpc) is 3.03. The van der Waals surface area contributed by atoms with E-state index in [1.165, 1.54) is 12.8 Å². The molecule has 1 aromatic heterocycles. The van der Waals surface area contributed by atoms with Gasteiger partial charge >= 0.3 is 0 Å². The quantitative estimate of drug-likeness (QED) is 0.879. The fraction of sp³-hybridized carbons (Fsp3) is 0.600.